The lowest BCUT2D eigenvalue weighted by Gasteiger charge is -2.31. The average molecular weight is 528 g/mol. The smallest absolute Gasteiger partial charge is 0.273 e. The van der Waals surface area contributed by atoms with Crippen molar-refractivity contribution in [2.75, 3.05) is 23.8 Å². The summed E-state index contributed by atoms with van der Waals surface area (Å²) >= 11 is 0.712. The first-order valence-corrected chi connectivity index (χ1v) is 12.6. The van der Waals surface area contributed by atoms with Gasteiger partial charge < -0.3 is 21.5 Å². The molecule has 3 amide bonds. The number of nitrogens with zero attached hydrogens (tertiary/aromatic N) is 2. The molecule has 37 heavy (non-hydrogen) atoms. The summed E-state index contributed by atoms with van der Waals surface area (Å²) in [7, 11) is 0. The first-order valence-electron chi connectivity index (χ1n) is 11.8. The molecule has 0 aliphatic heterocycles. The van der Waals surface area contributed by atoms with Crippen LogP contribution in [0.25, 0.3) is 0 Å². The molecule has 0 bridgehead atoms. The Balaban J connectivity index is 2.15. The van der Waals surface area contributed by atoms with E-state index in [2.05, 4.69) is 9.69 Å². The number of halogens is 1. The van der Waals surface area contributed by atoms with Gasteiger partial charge in [-0.2, -0.15) is 4.37 Å². The molecule has 196 valence electrons. The van der Waals surface area contributed by atoms with Crippen molar-refractivity contribution in [2.24, 2.45) is 11.7 Å². The number of rotatable bonds is 11. The number of nitrogens with one attached hydrogen (secondary N) is 1. The van der Waals surface area contributed by atoms with E-state index in [1.165, 1.54) is 29.2 Å². The summed E-state index contributed by atoms with van der Waals surface area (Å²) in [5.41, 5.74) is 11.7. The van der Waals surface area contributed by atoms with E-state index in [-0.39, 0.29) is 16.3 Å². The Morgan fingerprint density at radius 3 is 2.30 bits per heavy atom. The van der Waals surface area contributed by atoms with Crippen molar-refractivity contribution in [2.45, 2.75) is 33.2 Å². The fourth-order valence-electron chi connectivity index (χ4n) is 3.64. The van der Waals surface area contributed by atoms with Gasteiger partial charge in [-0.3, -0.25) is 19.3 Å². The number of hydrogen-bond donors (Lipinski definition) is 3. The van der Waals surface area contributed by atoms with Crippen LogP contribution in [0.3, 0.4) is 0 Å². The van der Waals surface area contributed by atoms with E-state index in [0.29, 0.717) is 47.6 Å². The second-order valence-corrected chi connectivity index (χ2v) is 9.44. The molecule has 3 rings (SSSR count). The van der Waals surface area contributed by atoms with Crippen molar-refractivity contribution in [3.8, 4) is 5.75 Å². The highest BCUT2D eigenvalue weighted by Gasteiger charge is 2.36. The number of amides is 3. The summed E-state index contributed by atoms with van der Waals surface area (Å²) in [5.74, 6) is -1.57. The Kier molecular flexibility index (Phi) is 9.18. The third-order valence-corrected chi connectivity index (χ3v) is 6.36. The molecule has 1 atom stereocenters. The van der Waals surface area contributed by atoms with Gasteiger partial charge in [0.05, 0.1) is 12.3 Å². The number of carbonyl (C=O) groups is 3. The van der Waals surface area contributed by atoms with Crippen LogP contribution in [-0.2, 0) is 4.79 Å². The Bertz CT molecular complexity index is 1240. The van der Waals surface area contributed by atoms with Crippen LogP contribution in [0.1, 0.15) is 59.0 Å². The topological polar surface area (TPSA) is 141 Å². The standard InChI is InChI=1S/C26H30FN5O4S/c1-4-36-19-11-9-18(10-12-19)32(26(35)23-20(28)21(24(29)33)31-37-23)22(16-5-7-17(27)8-6-16)25(34)30-14-13-15(2)3/h5-12,15,22H,4,13-14,28H2,1-3H3,(H2,29,33)(H,30,34)/t22-/m0/s1. The van der Waals surface area contributed by atoms with Crippen LogP contribution in [0.4, 0.5) is 15.8 Å². The molecular weight excluding hydrogens is 497 g/mol. The molecule has 0 aliphatic rings. The minimum Gasteiger partial charge on any atom is -0.494 e. The molecular formula is C26H30FN5O4S. The zero-order valence-corrected chi connectivity index (χ0v) is 21.7. The minimum atomic E-state index is -1.18. The molecule has 3 aromatic rings. The number of carbonyl (C=O) groups excluding carboxylic acids is 3. The Morgan fingerprint density at radius 1 is 1.11 bits per heavy atom. The number of aromatic nitrogens is 1. The molecule has 1 heterocycles. The van der Waals surface area contributed by atoms with Crippen molar-refractivity contribution in [3.05, 3.63) is 70.5 Å². The summed E-state index contributed by atoms with van der Waals surface area (Å²) in [6.45, 7) is 6.74. The Labute approximate surface area is 218 Å². The number of hydrogen-bond acceptors (Lipinski definition) is 7. The van der Waals surface area contributed by atoms with E-state index >= 15 is 0 Å². The van der Waals surface area contributed by atoms with Crippen LogP contribution >= 0.6 is 11.5 Å². The van der Waals surface area contributed by atoms with Gasteiger partial charge >= 0.3 is 0 Å². The highest BCUT2D eigenvalue weighted by Crippen LogP contribution is 2.34. The number of primary amides is 1. The number of nitrogen functional groups attached to an aromatic ring is 1. The maximum Gasteiger partial charge on any atom is 0.273 e. The average Bonchev–Trinajstić information content (AvgIpc) is 3.25. The Hall–Kier alpha value is -3.99. The molecule has 1 aromatic heterocycles. The molecule has 0 saturated heterocycles. The van der Waals surface area contributed by atoms with Crippen LogP contribution in [0.2, 0.25) is 0 Å². The maximum absolute atomic E-state index is 14.0. The predicted octanol–water partition coefficient (Wildman–Crippen LogP) is 3.91. The van der Waals surface area contributed by atoms with Crippen LogP contribution in [0.15, 0.2) is 48.5 Å². The minimum absolute atomic E-state index is 0.0511. The lowest BCUT2D eigenvalue weighted by molar-refractivity contribution is -0.122. The molecule has 11 heteroatoms. The lowest BCUT2D eigenvalue weighted by atomic mass is 10.0. The monoisotopic (exact) mass is 527 g/mol. The first-order chi connectivity index (χ1) is 17.6. The zero-order chi connectivity index (χ0) is 27.1. The summed E-state index contributed by atoms with van der Waals surface area (Å²) in [6, 6.07) is 10.7. The van der Waals surface area contributed by atoms with Crippen LogP contribution in [-0.4, -0.2) is 35.2 Å². The van der Waals surface area contributed by atoms with Crippen LogP contribution < -0.4 is 26.4 Å². The van der Waals surface area contributed by atoms with Crippen LogP contribution in [0.5, 0.6) is 5.75 Å². The summed E-state index contributed by atoms with van der Waals surface area (Å²) < 4.78 is 23.2. The van der Waals surface area contributed by atoms with Gasteiger partial charge in [0, 0.05) is 12.2 Å². The number of anilines is 2. The molecule has 2 aromatic carbocycles. The van der Waals surface area contributed by atoms with Gasteiger partial charge in [0.1, 0.15) is 22.5 Å². The van der Waals surface area contributed by atoms with Gasteiger partial charge in [0.15, 0.2) is 5.69 Å². The maximum atomic E-state index is 14.0. The van der Waals surface area contributed by atoms with Crippen molar-refractivity contribution < 1.29 is 23.5 Å². The van der Waals surface area contributed by atoms with Gasteiger partial charge in [0.2, 0.25) is 5.91 Å². The van der Waals surface area contributed by atoms with Crippen LogP contribution in [0, 0.1) is 11.7 Å². The normalized spacial score (nSPS) is 11.7. The summed E-state index contributed by atoms with van der Waals surface area (Å²) in [4.78, 5) is 40.5. The SMILES string of the molecule is CCOc1ccc(N(C(=O)c2snc(C(N)=O)c2N)[C@H](C(=O)NCCC(C)C)c2ccc(F)cc2)cc1. The molecule has 0 saturated carbocycles. The van der Waals surface area contributed by atoms with E-state index in [1.54, 1.807) is 24.3 Å². The molecule has 9 nitrogen and oxygen atoms in total. The van der Waals surface area contributed by atoms with Crippen molar-refractivity contribution in [1.29, 1.82) is 0 Å². The number of ether oxygens (including phenoxy) is 1. The highest BCUT2D eigenvalue weighted by atomic mass is 32.1. The van der Waals surface area contributed by atoms with Gasteiger partial charge in [-0.15, -0.1) is 0 Å². The molecule has 0 unspecified atom stereocenters. The number of benzene rings is 2. The predicted molar refractivity (Wildman–Crippen MR) is 141 cm³/mol. The molecule has 0 spiro atoms. The third-order valence-electron chi connectivity index (χ3n) is 5.51. The molecule has 0 radical (unpaired) electrons. The van der Waals surface area contributed by atoms with E-state index in [9.17, 15) is 18.8 Å². The molecule has 0 aliphatic carbocycles. The largest absolute Gasteiger partial charge is 0.494 e. The van der Waals surface area contributed by atoms with E-state index in [0.717, 1.165) is 6.42 Å². The molecule has 0 fully saturated rings. The van der Waals surface area contributed by atoms with Gasteiger partial charge in [-0.1, -0.05) is 26.0 Å². The number of nitrogens with two attached hydrogens (primary N) is 2. The fraction of sp³-hybridized carbons (Fsp3) is 0.308. The van der Waals surface area contributed by atoms with Crippen molar-refractivity contribution in [3.63, 3.8) is 0 Å². The van der Waals surface area contributed by atoms with Crippen molar-refractivity contribution >= 4 is 40.6 Å². The Morgan fingerprint density at radius 2 is 1.76 bits per heavy atom. The molecule has 5 N–H and O–H groups in total. The third kappa shape index (κ3) is 6.62. The van der Waals surface area contributed by atoms with Crippen molar-refractivity contribution in [1.82, 2.24) is 9.69 Å². The lowest BCUT2D eigenvalue weighted by Crippen LogP contribution is -2.44. The van der Waals surface area contributed by atoms with Gasteiger partial charge in [-0.05, 0) is 72.8 Å². The summed E-state index contributed by atoms with van der Waals surface area (Å²) in [6.07, 6.45) is 0.725. The zero-order valence-electron chi connectivity index (χ0n) is 20.9. The van der Waals surface area contributed by atoms with Gasteiger partial charge in [0.25, 0.3) is 11.8 Å². The summed E-state index contributed by atoms with van der Waals surface area (Å²) in [5, 5.41) is 2.88. The second kappa shape index (κ2) is 12.3. The van der Waals surface area contributed by atoms with Gasteiger partial charge in [-0.25, -0.2) is 4.39 Å². The van der Waals surface area contributed by atoms with E-state index in [4.69, 9.17) is 16.2 Å². The first kappa shape index (κ1) is 27.6. The highest BCUT2D eigenvalue weighted by molar-refractivity contribution is 7.09. The van der Waals surface area contributed by atoms with E-state index in [1.807, 2.05) is 20.8 Å². The quantitative estimate of drug-likeness (QED) is 0.345. The fourth-order valence-corrected chi connectivity index (χ4v) is 4.38. The van der Waals surface area contributed by atoms with E-state index < -0.39 is 29.6 Å². The second-order valence-electron chi connectivity index (χ2n) is 8.67.